The third kappa shape index (κ3) is 25.0. The van der Waals surface area contributed by atoms with E-state index in [0.717, 1.165) is 21.6 Å². The van der Waals surface area contributed by atoms with Crippen molar-refractivity contribution >= 4 is 103 Å². The third-order valence-corrected chi connectivity index (χ3v) is 17.3. The highest BCUT2D eigenvalue weighted by atomic mass is 33.1. The number of aliphatic hydroxyl groups is 2. The second kappa shape index (κ2) is 38.7. The maximum atomic E-state index is 14.8. The van der Waals surface area contributed by atoms with Gasteiger partial charge in [-0.3, -0.25) is 57.7 Å². The molecule has 4 aromatic rings. The Labute approximate surface area is 550 Å². The Bertz CT molecular complexity index is 3260. The summed E-state index contributed by atoms with van der Waals surface area (Å²) in [5, 5.41) is 67.4. The molecule has 1 aliphatic rings. The van der Waals surface area contributed by atoms with Crippen LogP contribution in [0, 0.1) is 5.92 Å². The number of hydrogen-bond donors (Lipinski definition) is 19. The molecule has 0 aliphatic carbocycles. The van der Waals surface area contributed by atoms with Gasteiger partial charge in [0, 0.05) is 73.8 Å². The molecular formula is C61H86N16O15S2. The first kappa shape index (κ1) is 75.5. The summed E-state index contributed by atoms with van der Waals surface area (Å²) in [5.74, 6) is -11.8. The summed E-state index contributed by atoms with van der Waals surface area (Å²) in [6.07, 6.45) is 2.25. The fraction of sp³-hybridized carbons (Fsp3) is 0.475. The van der Waals surface area contributed by atoms with E-state index in [1.165, 1.54) is 48.5 Å². The van der Waals surface area contributed by atoms with Gasteiger partial charge in [-0.25, -0.2) is 0 Å². The Balaban J connectivity index is 1.54. The number of aromatic amines is 1. The normalized spacial score (nSPS) is 21.7. The van der Waals surface area contributed by atoms with Crippen LogP contribution in [0.1, 0.15) is 75.5 Å². The number of aromatic hydroxyl groups is 2. The molecule has 1 aromatic heterocycles. The SMILES string of the molecule is CC(C)[C@@H]1NC(=O)[C@@H](NC(=O)[C@H](Cc2ccc(O)cc2)NC(=O)CCCCCN)CSSC[C@@H](C(N)=O)NC(=O)[C@H](CO)NC(=O)[C@H](Cc2c[nH]c3ccccc23)NC(=O)[C@H](CO)NC(=O)CCNC(=O)[C@H](CCCN=C(N)N)NC(=O)[C@H](Cc2ccc(O)cc2)NC1=O. The molecule has 94 heavy (non-hydrogen) atoms. The van der Waals surface area contributed by atoms with Crippen molar-refractivity contribution in [2.24, 2.45) is 33.8 Å². The smallest absolute Gasteiger partial charge is 0.245 e. The molecule has 512 valence electrons. The lowest BCUT2D eigenvalue weighted by Crippen LogP contribution is -2.61. The highest BCUT2D eigenvalue weighted by Gasteiger charge is 2.36. The van der Waals surface area contributed by atoms with E-state index >= 15 is 0 Å². The summed E-state index contributed by atoms with van der Waals surface area (Å²) in [5.41, 5.74) is 24.6. The number of aromatic nitrogens is 1. The molecular weight excluding hydrogens is 1260 g/mol. The number of aliphatic hydroxyl groups excluding tert-OH is 2. The molecule has 23 N–H and O–H groups in total. The maximum Gasteiger partial charge on any atom is 0.245 e. The summed E-state index contributed by atoms with van der Waals surface area (Å²) >= 11 is 0. The van der Waals surface area contributed by atoms with Crippen LogP contribution >= 0.6 is 21.6 Å². The van der Waals surface area contributed by atoms with Crippen LogP contribution in [0.3, 0.4) is 0 Å². The highest BCUT2D eigenvalue weighted by Crippen LogP contribution is 2.25. The molecule has 5 rings (SSSR count). The lowest BCUT2D eigenvalue weighted by Gasteiger charge is -2.29. The fourth-order valence-corrected chi connectivity index (χ4v) is 12.0. The Morgan fingerprint density at radius 2 is 1.22 bits per heavy atom. The summed E-state index contributed by atoms with van der Waals surface area (Å²) < 4.78 is 0. The number of fused-ring (bicyclic) bond motifs is 1. The number of amides is 11. The standard InChI is InChI=1S/C61H86N16O15S2/c1-33(2)51-60(92)73-43(26-35-15-19-38(81)20-16-35)55(87)71-41(11-8-23-67-61(64)65)53(85)66-24-21-50(83)70-45(29-78)57(89)72-44(27-36-28-68-40-10-6-5-9-39(36)40)56(88)74-46(30-79)58(90)75-47(52(63)84)31-93-94-32-48(59(91)77-51)76-54(86)42(25-34-13-17-37(80)18-14-34)69-49(82)12-4-3-7-22-62/h5-6,9-10,13-20,28,33,41-48,51,68,78-81H,3-4,7-8,11-12,21-27,29-32,62H2,1-2H3,(H2,63,84)(H,66,85)(H,69,82)(H,70,83)(H,71,87)(H,72,89)(H,73,92)(H,74,88)(H,75,90)(H,76,86)(H,77,91)(H4,64,65,67)/t41-,42-,43-,44-,45-,46-,47-,48-,51-/m0/s1. The molecule has 0 spiro atoms. The zero-order valence-electron chi connectivity index (χ0n) is 52.2. The van der Waals surface area contributed by atoms with Crippen molar-refractivity contribution < 1.29 is 73.2 Å². The van der Waals surface area contributed by atoms with Gasteiger partial charge in [-0.15, -0.1) is 0 Å². The number of phenols is 2. The molecule has 33 heteroatoms. The zero-order valence-corrected chi connectivity index (χ0v) is 53.8. The number of benzene rings is 3. The Kier molecular flexibility index (Phi) is 31.1. The minimum absolute atomic E-state index is 0.00988. The van der Waals surface area contributed by atoms with Crippen molar-refractivity contribution in [3.05, 3.63) is 95.7 Å². The number of rotatable bonds is 22. The molecule has 0 bridgehead atoms. The third-order valence-electron chi connectivity index (χ3n) is 14.8. The van der Waals surface area contributed by atoms with Crippen molar-refractivity contribution in [1.82, 2.24) is 58.2 Å². The van der Waals surface area contributed by atoms with E-state index in [1.54, 1.807) is 44.3 Å². The Morgan fingerprint density at radius 3 is 1.86 bits per heavy atom. The largest absolute Gasteiger partial charge is 0.508 e. The molecule has 31 nitrogen and oxygen atoms in total. The number of guanidine groups is 1. The number of carbonyl (C=O) groups excluding carboxylic acids is 11. The Morgan fingerprint density at radius 1 is 0.638 bits per heavy atom. The van der Waals surface area contributed by atoms with Gasteiger partial charge >= 0.3 is 0 Å². The van der Waals surface area contributed by atoms with E-state index < -0.39 is 151 Å². The number of H-pyrrole nitrogens is 1. The van der Waals surface area contributed by atoms with E-state index in [2.05, 4.69) is 63.1 Å². The lowest BCUT2D eigenvalue weighted by atomic mass is 10.00. The van der Waals surface area contributed by atoms with Gasteiger partial charge in [0.1, 0.15) is 65.9 Å². The van der Waals surface area contributed by atoms with E-state index in [0.29, 0.717) is 53.4 Å². The van der Waals surface area contributed by atoms with Crippen molar-refractivity contribution in [2.45, 2.75) is 132 Å². The minimum atomic E-state index is -1.78. The molecule has 0 saturated carbocycles. The zero-order chi connectivity index (χ0) is 68.9. The van der Waals surface area contributed by atoms with Crippen LogP contribution in [0.25, 0.3) is 10.9 Å². The summed E-state index contributed by atoms with van der Waals surface area (Å²) in [7, 11) is 1.80. The first-order valence-electron chi connectivity index (χ1n) is 30.5. The average Bonchev–Trinajstić information content (AvgIpc) is 1.65. The molecule has 1 fully saturated rings. The molecule has 0 unspecified atom stereocenters. The van der Waals surface area contributed by atoms with Crippen molar-refractivity contribution in [3.63, 3.8) is 0 Å². The molecule has 1 saturated heterocycles. The maximum absolute atomic E-state index is 14.8. The van der Waals surface area contributed by atoms with Crippen LogP contribution in [-0.2, 0) is 72.0 Å². The van der Waals surface area contributed by atoms with Crippen molar-refractivity contribution in [2.75, 3.05) is 44.4 Å². The van der Waals surface area contributed by atoms with Crippen LogP contribution in [0.5, 0.6) is 11.5 Å². The average molecular weight is 1350 g/mol. The quantitative estimate of drug-likeness (QED) is 0.0158. The first-order chi connectivity index (χ1) is 44.9. The van der Waals surface area contributed by atoms with Crippen LogP contribution in [0.4, 0.5) is 0 Å². The number of unbranched alkanes of at least 4 members (excludes halogenated alkanes) is 2. The number of primary amides is 1. The van der Waals surface area contributed by atoms with Crippen LogP contribution in [-0.4, -0.2) is 195 Å². The number of nitrogens with one attached hydrogen (secondary N) is 11. The lowest BCUT2D eigenvalue weighted by molar-refractivity contribution is -0.135. The van der Waals surface area contributed by atoms with Gasteiger partial charge < -0.3 is 102 Å². The van der Waals surface area contributed by atoms with Crippen LogP contribution < -0.4 is 76.1 Å². The van der Waals surface area contributed by atoms with Crippen LogP contribution in [0.2, 0.25) is 0 Å². The van der Waals surface area contributed by atoms with Gasteiger partial charge in [-0.05, 0) is 85.2 Å². The number of aliphatic imine (C=N–C) groups is 1. The van der Waals surface area contributed by atoms with E-state index in [4.69, 9.17) is 22.9 Å². The number of nitrogens with two attached hydrogens (primary N) is 4. The molecule has 9 atom stereocenters. The summed E-state index contributed by atoms with van der Waals surface area (Å²) in [4.78, 5) is 162. The second-order valence-corrected chi connectivity index (χ2v) is 25.1. The number of nitrogens with zero attached hydrogens (tertiary/aromatic N) is 1. The van der Waals surface area contributed by atoms with E-state index in [1.807, 2.05) is 0 Å². The number of carbonyl (C=O) groups is 11. The van der Waals surface area contributed by atoms with Crippen LogP contribution in [0.15, 0.2) is 84.0 Å². The highest BCUT2D eigenvalue weighted by molar-refractivity contribution is 8.76. The number of hydrogen-bond acceptors (Lipinski definition) is 19. The number of phenolic OH excluding ortho intramolecular Hbond substituents is 2. The second-order valence-electron chi connectivity index (χ2n) is 22.6. The number of para-hydroxylation sites is 1. The fourth-order valence-electron chi connectivity index (χ4n) is 9.63. The molecule has 1 aliphatic heterocycles. The predicted octanol–water partition coefficient (Wildman–Crippen LogP) is -3.43. The van der Waals surface area contributed by atoms with Gasteiger partial charge in [0.15, 0.2) is 5.96 Å². The monoisotopic (exact) mass is 1350 g/mol. The summed E-state index contributed by atoms with van der Waals surface area (Å²) in [6, 6.07) is 4.77. The van der Waals surface area contributed by atoms with Gasteiger partial charge in [0.05, 0.1) is 13.2 Å². The molecule has 3 aromatic carbocycles. The summed E-state index contributed by atoms with van der Waals surface area (Å²) in [6.45, 7) is 1.17. The van der Waals surface area contributed by atoms with Gasteiger partial charge in [-0.2, -0.15) is 0 Å². The molecule has 2 heterocycles. The minimum Gasteiger partial charge on any atom is -0.508 e. The van der Waals surface area contributed by atoms with E-state index in [9.17, 15) is 73.2 Å². The van der Waals surface area contributed by atoms with Crippen molar-refractivity contribution in [1.29, 1.82) is 0 Å². The van der Waals surface area contributed by atoms with Gasteiger partial charge in [0.2, 0.25) is 65.0 Å². The van der Waals surface area contributed by atoms with Gasteiger partial charge in [-0.1, -0.05) is 84.3 Å². The topological polar surface area (TPSA) is 521 Å². The molecule has 11 amide bonds. The predicted molar refractivity (Wildman–Crippen MR) is 351 cm³/mol. The first-order valence-corrected chi connectivity index (χ1v) is 33.0. The molecule has 0 radical (unpaired) electrons. The Hall–Kier alpha value is -9.18. The van der Waals surface area contributed by atoms with E-state index in [-0.39, 0.29) is 74.0 Å². The van der Waals surface area contributed by atoms with Gasteiger partial charge in [0.25, 0.3) is 0 Å². The van der Waals surface area contributed by atoms with Crippen molar-refractivity contribution in [3.8, 4) is 11.5 Å².